The van der Waals surface area contributed by atoms with Crippen LogP contribution in [0.4, 0.5) is 11.6 Å². The van der Waals surface area contributed by atoms with Crippen LogP contribution in [0, 0.1) is 5.92 Å². The van der Waals surface area contributed by atoms with E-state index in [4.69, 9.17) is 0 Å². The molecule has 0 aliphatic carbocycles. The van der Waals surface area contributed by atoms with Crippen molar-refractivity contribution in [3.05, 3.63) is 36.2 Å². The first-order valence-electron chi connectivity index (χ1n) is 7.31. The molecule has 0 aromatic carbocycles. The van der Waals surface area contributed by atoms with Gasteiger partial charge in [-0.15, -0.1) is 0 Å². The van der Waals surface area contributed by atoms with E-state index in [0.717, 1.165) is 37.8 Å². The normalized spacial score (nSPS) is 17.1. The highest BCUT2D eigenvalue weighted by Crippen LogP contribution is 2.15. The van der Waals surface area contributed by atoms with E-state index < -0.39 is 0 Å². The van der Waals surface area contributed by atoms with Crippen molar-refractivity contribution < 1.29 is 0 Å². The molecular weight excluding hydrogens is 264 g/mol. The number of hydrogen-bond donors (Lipinski definition) is 2. The predicted molar refractivity (Wildman–Crippen MR) is 84.5 cm³/mol. The Kier molecular flexibility index (Phi) is 4.06. The summed E-state index contributed by atoms with van der Waals surface area (Å²) in [5, 5.41) is 11.2. The number of pyridine rings is 1. The Morgan fingerprint density at radius 2 is 2.29 bits per heavy atom. The maximum absolute atomic E-state index is 4.43. The van der Waals surface area contributed by atoms with E-state index in [0.29, 0.717) is 5.92 Å². The Morgan fingerprint density at radius 3 is 3.05 bits per heavy atom. The van der Waals surface area contributed by atoms with E-state index in [1.54, 1.807) is 0 Å². The van der Waals surface area contributed by atoms with Crippen LogP contribution in [-0.2, 0) is 13.1 Å². The predicted octanol–water partition coefficient (Wildman–Crippen LogP) is 1.18. The van der Waals surface area contributed by atoms with E-state index >= 15 is 0 Å². The largest absolute Gasteiger partial charge is 0.370 e. The van der Waals surface area contributed by atoms with Gasteiger partial charge in [-0.05, 0) is 11.6 Å². The zero-order valence-corrected chi connectivity index (χ0v) is 12.6. The van der Waals surface area contributed by atoms with Gasteiger partial charge in [0.05, 0.1) is 6.20 Å². The van der Waals surface area contributed by atoms with Crippen LogP contribution in [0.15, 0.2) is 30.6 Å². The Bertz CT molecular complexity index is 574. The summed E-state index contributed by atoms with van der Waals surface area (Å²) >= 11 is 0. The van der Waals surface area contributed by atoms with Crippen molar-refractivity contribution in [2.24, 2.45) is 5.92 Å². The molecule has 6 nitrogen and oxygen atoms in total. The molecule has 2 aromatic rings. The van der Waals surface area contributed by atoms with Gasteiger partial charge in [0.1, 0.15) is 11.6 Å². The van der Waals surface area contributed by atoms with Crippen molar-refractivity contribution in [2.45, 2.75) is 13.1 Å². The molecule has 1 aliphatic rings. The fraction of sp³-hybridized carbons (Fsp3) is 0.467. The lowest BCUT2D eigenvalue weighted by atomic mass is 10.1. The quantitative estimate of drug-likeness (QED) is 0.864. The van der Waals surface area contributed by atoms with Crippen LogP contribution >= 0.6 is 0 Å². The van der Waals surface area contributed by atoms with Crippen molar-refractivity contribution in [3.8, 4) is 0 Å². The van der Waals surface area contributed by atoms with Gasteiger partial charge in [-0.25, -0.2) is 9.67 Å². The summed E-state index contributed by atoms with van der Waals surface area (Å²) in [7, 11) is 4.00. The van der Waals surface area contributed by atoms with Gasteiger partial charge in [0.2, 0.25) is 0 Å². The number of nitrogens with zero attached hydrogens (tertiary/aromatic N) is 4. The summed E-state index contributed by atoms with van der Waals surface area (Å²) in [5.74, 6) is 2.67. The summed E-state index contributed by atoms with van der Waals surface area (Å²) in [4.78, 5) is 6.43. The second-order valence-corrected chi connectivity index (χ2v) is 5.70. The number of anilines is 2. The Morgan fingerprint density at radius 1 is 1.38 bits per heavy atom. The highest BCUT2D eigenvalue weighted by Gasteiger charge is 2.17. The first-order chi connectivity index (χ1) is 10.2. The van der Waals surface area contributed by atoms with Crippen LogP contribution in [0.2, 0.25) is 0 Å². The fourth-order valence-electron chi connectivity index (χ4n) is 2.53. The molecule has 0 fully saturated rings. The first kappa shape index (κ1) is 13.9. The molecule has 1 atom stereocenters. The number of aromatic nitrogens is 3. The average Bonchev–Trinajstić information content (AvgIpc) is 2.95. The number of fused-ring (bicyclic) bond motifs is 1. The van der Waals surface area contributed by atoms with Gasteiger partial charge in [-0.2, -0.15) is 5.10 Å². The molecule has 2 aromatic heterocycles. The lowest BCUT2D eigenvalue weighted by Gasteiger charge is -2.25. The smallest absolute Gasteiger partial charge is 0.127 e. The molecular formula is C15H22N6. The van der Waals surface area contributed by atoms with Gasteiger partial charge in [0, 0.05) is 58.5 Å². The van der Waals surface area contributed by atoms with Gasteiger partial charge in [-0.1, -0.05) is 6.07 Å². The molecule has 6 heteroatoms. The highest BCUT2D eigenvalue weighted by molar-refractivity contribution is 5.37. The molecule has 0 radical (unpaired) electrons. The molecule has 1 aliphatic heterocycles. The number of rotatable bonds is 5. The molecule has 0 saturated heterocycles. The Balaban J connectivity index is 1.46. The van der Waals surface area contributed by atoms with Crippen molar-refractivity contribution in [1.29, 1.82) is 0 Å². The summed E-state index contributed by atoms with van der Waals surface area (Å²) in [6, 6.07) is 6.19. The number of hydrogen-bond acceptors (Lipinski definition) is 5. The Hall–Kier alpha value is -2.08. The minimum absolute atomic E-state index is 0.561. The molecule has 21 heavy (non-hydrogen) atoms. The van der Waals surface area contributed by atoms with Crippen LogP contribution in [0.25, 0.3) is 0 Å². The molecule has 3 heterocycles. The second kappa shape index (κ2) is 6.13. The molecule has 0 spiro atoms. The van der Waals surface area contributed by atoms with Crippen LogP contribution in [0.1, 0.15) is 5.56 Å². The summed E-state index contributed by atoms with van der Waals surface area (Å²) < 4.78 is 2.03. The lowest BCUT2D eigenvalue weighted by molar-refractivity contribution is 0.391. The monoisotopic (exact) mass is 286 g/mol. The van der Waals surface area contributed by atoms with Crippen LogP contribution < -0.4 is 15.5 Å². The lowest BCUT2D eigenvalue weighted by Crippen LogP contribution is -2.35. The van der Waals surface area contributed by atoms with Gasteiger partial charge in [0.25, 0.3) is 0 Å². The maximum atomic E-state index is 4.43. The minimum atomic E-state index is 0.561. The molecule has 1 unspecified atom stereocenters. The number of nitrogens with one attached hydrogen (secondary N) is 2. The van der Waals surface area contributed by atoms with Crippen molar-refractivity contribution in [3.63, 3.8) is 0 Å². The second-order valence-electron chi connectivity index (χ2n) is 5.70. The van der Waals surface area contributed by atoms with E-state index in [2.05, 4.69) is 32.8 Å². The standard InChI is InChI=1S/C15H22N6/c1-20(2)14-4-3-12(9-17-14)7-16-8-13-10-18-15-5-6-19-21(15)11-13/h3-6,9,13,16,18H,7-8,10-11H2,1-2H3. The summed E-state index contributed by atoms with van der Waals surface area (Å²) in [5.41, 5.74) is 1.21. The zero-order valence-electron chi connectivity index (χ0n) is 12.6. The molecule has 0 bridgehead atoms. The molecule has 0 amide bonds. The van der Waals surface area contributed by atoms with Gasteiger partial charge < -0.3 is 15.5 Å². The minimum Gasteiger partial charge on any atom is -0.370 e. The molecule has 0 saturated carbocycles. The van der Waals surface area contributed by atoms with Crippen LogP contribution in [0.5, 0.6) is 0 Å². The van der Waals surface area contributed by atoms with Crippen LogP contribution in [0.3, 0.4) is 0 Å². The van der Waals surface area contributed by atoms with Crippen molar-refractivity contribution in [2.75, 3.05) is 37.4 Å². The van der Waals surface area contributed by atoms with Crippen molar-refractivity contribution >= 4 is 11.6 Å². The highest BCUT2D eigenvalue weighted by atomic mass is 15.3. The van der Waals surface area contributed by atoms with Gasteiger partial charge in [-0.3, -0.25) is 0 Å². The molecule has 2 N–H and O–H groups in total. The van der Waals surface area contributed by atoms with E-state index in [-0.39, 0.29) is 0 Å². The fourth-order valence-corrected chi connectivity index (χ4v) is 2.53. The van der Waals surface area contributed by atoms with E-state index in [1.807, 2.05) is 42.1 Å². The summed E-state index contributed by atoms with van der Waals surface area (Å²) in [6.07, 6.45) is 3.78. The SMILES string of the molecule is CN(C)c1ccc(CNCC2CNc3ccnn3C2)cn1. The average molecular weight is 286 g/mol. The third-order valence-corrected chi connectivity index (χ3v) is 3.75. The molecule has 112 valence electrons. The molecule has 3 rings (SSSR count). The first-order valence-corrected chi connectivity index (χ1v) is 7.31. The third kappa shape index (κ3) is 3.33. The zero-order chi connectivity index (χ0) is 14.7. The van der Waals surface area contributed by atoms with E-state index in [9.17, 15) is 0 Å². The van der Waals surface area contributed by atoms with Gasteiger partial charge in [0.15, 0.2) is 0 Å². The maximum Gasteiger partial charge on any atom is 0.127 e. The summed E-state index contributed by atoms with van der Waals surface area (Å²) in [6.45, 7) is 3.79. The Labute approximate surface area is 125 Å². The van der Waals surface area contributed by atoms with E-state index in [1.165, 1.54) is 5.56 Å². The van der Waals surface area contributed by atoms with Gasteiger partial charge >= 0.3 is 0 Å². The van der Waals surface area contributed by atoms with Crippen molar-refractivity contribution in [1.82, 2.24) is 20.1 Å². The third-order valence-electron chi connectivity index (χ3n) is 3.75. The topological polar surface area (TPSA) is 58.0 Å². The van der Waals surface area contributed by atoms with Crippen LogP contribution in [-0.4, -0.2) is 41.9 Å².